The second-order valence-electron chi connectivity index (χ2n) is 4.52. The number of nitrogens with zero attached hydrogens (tertiary/aromatic N) is 4. The molecular weight excluding hydrogens is 266 g/mol. The van der Waals surface area contributed by atoms with E-state index in [1.54, 1.807) is 4.68 Å². The molecule has 0 atom stereocenters. The highest BCUT2D eigenvalue weighted by Gasteiger charge is 2.18. The van der Waals surface area contributed by atoms with Crippen molar-refractivity contribution in [3.8, 4) is 5.69 Å². The van der Waals surface area contributed by atoms with Crippen LogP contribution >= 0.6 is 11.6 Å². The van der Waals surface area contributed by atoms with Gasteiger partial charge in [0.15, 0.2) is 0 Å². The molecule has 0 radical (unpaired) electrons. The molecule has 2 heterocycles. The van der Waals surface area contributed by atoms with E-state index >= 15 is 0 Å². The summed E-state index contributed by atoms with van der Waals surface area (Å²) in [6, 6.07) is 7.50. The van der Waals surface area contributed by atoms with Gasteiger partial charge in [-0.05, 0) is 34.7 Å². The van der Waals surface area contributed by atoms with Crippen molar-refractivity contribution >= 4 is 11.6 Å². The van der Waals surface area contributed by atoms with E-state index in [1.807, 2.05) is 24.3 Å². The SMILES string of the molecule is Clc1ccc(-n2nnnc2C[NH+]2CCOCC2)cc1. The summed E-state index contributed by atoms with van der Waals surface area (Å²) in [6.45, 7) is 4.40. The van der Waals surface area contributed by atoms with Gasteiger partial charge in [-0.2, -0.15) is 4.68 Å². The van der Waals surface area contributed by atoms with Crippen LogP contribution in [-0.2, 0) is 11.3 Å². The maximum Gasteiger partial charge on any atom is 0.210 e. The van der Waals surface area contributed by atoms with Crippen LogP contribution in [0.2, 0.25) is 5.02 Å². The van der Waals surface area contributed by atoms with Crippen LogP contribution in [0.3, 0.4) is 0 Å². The summed E-state index contributed by atoms with van der Waals surface area (Å²) in [5.41, 5.74) is 0.928. The Morgan fingerprint density at radius 3 is 2.68 bits per heavy atom. The molecule has 1 fully saturated rings. The van der Waals surface area contributed by atoms with Crippen molar-refractivity contribution in [3.63, 3.8) is 0 Å². The van der Waals surface area contributed by atoms with Crippen molar-refractivity contribution < 1.29 is 9.64 Å². The van der Waals surface area contributed by atoms with E-state index in [2.05, 4.69) is 15.5 Å². The van der Waals surface area contributed by atoms with Gasteiger partial charge >= 0.3 is 0 Å². The normalized spacial score (nSPS) is 16.7. The number of tetrazole rings is 1. The standard InChI is InChI=1S/C12H14ClN5O/c13-10-1-3-11(4-2-10)18-12(14-15-16-18)9-17-5-7-19-8-6-17/h1-4H,5-9H2/p+1. The minimum Gasteiger partial charge on any atom is -0.370 e. The fourth-order valence-electron chi connectivity index (χ4n) is 2.16. The van der Waals surface area contributed by atoms with Crippen LogP contribution in [0.4, 0.5) is 0 Å². The van der Waals surface area contributed by atoms with E-state index in [4.69, 9.17) is 16.3 Å². The Bertz CT molecular complexity index is 535. The summed E-state index contributed by atoms with van der Waals surface area (Å²) in [6.07, 6.45) is 0. The Morgan fingerprint density at radius 1 is 1.21 bits per heavy atom. The first kappa shape index (κ1) is 12.5. The average molecular weight is 281 g/mol. The molecule has 0 unspecified atom stereocenters. The first-order chi connectivity index (χ1) is 9.33. The van der Waals surface area contributed by atoms with E-state index in [9.17, 15) is 0 Å². The summed E-state index contributed by atoms with van der Waals surface area (Å²) in [4.78, 5) is 1.44. The van der Waals surface area contributed by atoms with Gasteiger partial charge in [-0.25, -0.2) is 0 Å². The zero-order valence-corrected chi connectivity index (χ0v) is 11.2. The van der Waals surface area contributed by atoms with Crippen LogP contribution in [0, 0.1) is 0 Å². The van der Waals surface area contributed by atoms with E-state index < -0.39 is 0 Å². The molecule has 0 bridgehead atoms. The Labute approximate surface area is 115 Å². The van der Waals surface area contributed by atoms with Crippen LogP contribution in [0.15, 0.2) is 24.3 Å². The molecule has 100 valence electrons. The minimum atomic E-state index is 0.706. The third kappa shape index (κ3) is 2.91. The number of benzene rings is 1. The van der Waals surface area contributed by atoms with Crippen molar-refractivity contribution in [1.29, 1.82) is 0 Å². The van der Waals surface area contributed by atoms with Crippen molar-refractivity contribution in [1.82, 2.24) is 20.2 Å². The van der Waals surface area contributed by atoms with Crippen LogP contribution in [0.5, 0.6) is 0 Å². The van der Waals surface area contributed by atoms with Gasteiger partial charge in [0, 0.05) is 5.02 Å². The molecule has 6 nitrogen and oxygen atoms in total. The predicted molar refractivity (Wildman–Crippen MR) is 69.4 cm³/mol. The molecule has 0 aliphatic carbocycles. The number of ether oxygens (including phenoxy) is 1. The average Bonchev–Trinajstić information content (AvgIpc) is 2.89. The van der Waals surface area contributed by atoms with E-state index in [-0.39, 0.29) is 0 Å². The first-order valence-corrected chi connectivity index (χ1v) is 6.65. The molecule has 1 aliphatic rings. The molecule has 0 saturated carbocycles. The van der Waals surface area contributed by atoms with Gasteiger partial charge in [-0.3, -0.25) is 0 Å². The summed E-state index contributed by atoms with van der Waals surface area (Å²) in [5, 5.41) is 12.6. The molecular formula is C12H15ClN5O+. The molecule has 19 heavy (non-hydrogen) atoms. The number of rotatable bonds is 3. The lowest BCUT2D eigenvalue weighted by Crippen LogP contribution is -3.12. The fraction of sp³-hybridized carbons (Fsp3) is 0.417. The molecule has 3 rings (SSSR count). The maximum atomic E-state index is 5.89. The van der Waals surface area contributed by atoms with Gasteiger partial charge in [0.1, 0.15) is 19.6 Å². The second kappa shape index (κ2) is 5.64. The number of hydrogen-bond acceptors (Lipinski definition) is 4. The largest absolute Gasteiger partial charge is 0.370 e. The molecule has 1 N–H and O–H groups in total. The van der Waals surface area contributed by atoms with Gasteiger partial charge in [0.2, 0.25) is 5.82 Å². The van der Waals surface area contributed by atoms with E-state index in [0.717, 1.165) is 44.4 Å². The topological polar surface area (TPSA) is 57.3 Å². The zero-order valence-electron chi connectivity index (χ0n) is 10.4. The fourth-order valence-corrected chi connectivity index (χ4v) is 2.29. The predicted octanol–water partition coefficient (Wildman–Crippen LogP) is -0.269. The third-order valence-corrected chi connectivity index (χ3v) is 3.47. The van der Waals surface area contributed by atoms with Gasteiger partial charge in [0.25, 0.3) is 0 Å². The molecule has 0 amide bonds. The molecule has 0 spiro atoms. The van der Waals surface area contributed by atoms with Crippen LogP contribution < -0.4 is 4.90 Å². The second-order valence-corrected chi connectivity index (χ2v) is 4.96. The third-order valence-electron chi connectivity index (χ3n) is 3.21. The van der Waals surface area contributed by atoms with Crippen LogP contribution in [0.1, 0.15) is 5.82 Å². The Morgan fingerprint density at radius 2 is 1.95 bits per heavy atom. The quantitative estimate of drug-likeness (QED) is 0.841. The van der Waals surface area contributed by atoms with Crippen molar-refractivity contribution in [2.75, 3.05) is 26.3 Å². The Hall–Kier alpha value is -1.50. The monoisotopic (exact) mass is 280 g/mol. The van der Waals surface area contributed by atoms with Gasteiger partial charge in [0.05, 0.1) is 18.9 Å². The van der Waals surface area contributed by atoms with Crippen LogP contribution in [-0.4, -0.2) is 46.5 Å². The summed E-state index contributed by atoms with van der Waals surface area (Å²) in [5.74, 6) is 0.860. The van der Waals surface area contributed by atoms with E-state index in [1.165, 1.54) is 4.90 Å². The maximum absolute atomic E-state index is 5.89. The molecule has 1 aromatic carbocycles. The number of nitrogens with one attached hydrogen (secondary N) is 1. The number of aromatic nitrogens is 4. The summed E-state index contributed by atoms with van der Waals surface area (Å²) in [7, 11) is 0. The van der Waals surface area contributed by atoms with Gasteiger partial charge in [-0.15, -0.1) is 5.10 Å². The number of hydrogen-bond donors (Lipinski definition) is 1. The highest BCUT2D eigenvalue weighted by molar-refractivity contribution is 6.30. The van der Waals surface area contributed by atoms with Crippen LogP contribution in [0.25, 0.3) is 5.69 Å². The summed E-state index contributed by atoms with van der Waals surface area (Å²) >= 11 is 5.89. The van der Waals surface area contributed by atoms with Crippen molar-refractivity contribution in [2.45, 2.75) is 6.54 Å². The Kier molecular flexibility index (Phi) is 3.72. The lowest BCUT2D eigenvalue weighted by molar-refractivity contribution is -0.922. The Balaban J connectivity index is 1.79. The number of quaternary nitrogens is 1. The zero-order chi connectivity index (χ0) is 13.1. The molecule has 1 saturated heterocycles. The summed E-state index contributed by atoms with van der Waals surface area (Å²) < 4.78 is 7.12. The molecule has 7 heteroatoms. The molecule has 1 aliphatic heterocycles. The van der Waals surface area contributed by atoms with Crippen molar-refractivity contribution in [2.24, 2.45) is 0 Å². The van der Waals surface area contributed by atoms with E-state index in [0.29, 0.717) is 5.02 Å². The van der Waals surface area contributed by atoms with Crippen molar-refractivity contribution in [3.05, 3.63) is 35.1 Å². The minimum absolute atomic E-state index is 0.706. The molecule has 2 aromatic rings. The van der Waals surface area contributed by atoms with Gasteiger partial charge < -0.3 is 9.64 Å². The number of halogens is 1. The smallest absolute Gasteiger partial charge is 0.210 e. The lowest BCUT2D eigenvalue weighted by atomic mass is 10.3. The van der Waals surface area contributed by atoms with Gasteiger partial charge in [-0.1, -0.05) is 11.6 Å². The highest BCUT2D eigenvalue weighted by Crippen LogP contribution is 2.13. The number of morpholine rings is 1. The first-order valence-electron chi connectivity index (χ1n) is 6.27. The highest BCUT2D eigenvalue weighted by atomic mass is 35.5. The lowest BCUT2D eigenvalue weighted by Gasteiger charge is -2.22. The molecule has 1 aromatic heterocycles.